The van der Waals surface area contributed by atoms with E-state index in [-0.39, 0.29) is 19.3 Å². The Morgan fingerprint density at radius 3 is 2.25 bits per heavy atom. The van der Waals surface area contributed by atoms with Gasteiger partial charge < -0.3 is 29.9 Å². The van der Waals surface area contributed by atoms with Gasteiger partial charge in [-0.2, -0.15) is 0 Å². The molecule has 2 saturated carbocycles. The zero-order valence-electron chi connectivity index (χ0n) is 23.9. The number of hydrogen-bond donors (Lipinski definition) is 4. The number of aliphatic carboxylic acids is 1. The maximum atomic E-state index is 13.2. The predicted molar refractivity (Wildman–Crippen MR) is 142 cm³/mol. The first-order chi connectivity index (χ1) is 18.6. The Morgan fingerprint density at radius 1 is 1.05 bits per heavy atom. The normalized spacial score (nSPS) is 39.1. The topological polar surface area (TPSA) is 168 Å². The number of ketones is 1. The molecule has 4 rings (SSSR count). The summed E-state index contributed by atoms with van der Waals surface area (Å²) in [6, 6.07) is 0. The van der Waals surface area contributed by atoms with Crippen molar-refractivity contribution in [1.29, 1.82) is 0 Å². The van der Waals surface area contributed by atoms with Crippen molar-refractivity contribution < 1.29 is 49.1 Å². The number of unbranched alkanes of at least 4 members (excludes halogenated alkanes) is 3. The van der Waals surface area contributed by atoms with Gasteiger partial charge in [0.1, 0.15) is 11.7 Å². The number of esters is 2. The molecular formula is C30H42O10. The van der Waals surface area contributed by atoms with Crippen LogP contribution in [0.5, 0.6) is 0 Å². The van der Waals surface area contributed by atoms with Crippen molar-refractivity contribution in [2.75, 3.05) is 6.61 Å². The van der Waals surface area contributed by atoms with Crippen LogP contribution < -0.4 is 0 Å². The van der Waals surface area contributed by atoms with Crippen molar-refractivity contribution in [3.05, 3.63) is 23.3 Å². The van der Waals surface area contributed by atoms with Gasteiger partial charge in [0.15, 0.2) is 11.4 Å². The van der Waals surface area contributed by atoms with Gasteiger partial charge in [-0.05, 0) is 30.9 Å². The van der Waals surface area contributed by atoms with Gasteiger partial charge in [0.2, 0.25) is 0 Å². The van der Waals surface area contributed by atoms with Crippen LogP contribution in [0.2, 0.25) is 0 Å². The van der Waals surface area contributed by atoms with Crippen LogP contribution in [0.4, 0.5) is 0 Å². The minimum atomic E-state index is -1.97. The van der Waals surface area contributed by atoms with E-state index in [4.69, 9.17) is 14.6 Å². The zero-order valence-corrected chi connectivity index (χ0v) is 23.9. The first-order valence-electron chi connectivity index (χ1n) is 14.2. The number of carboxylic acids is 1. The number of hydrogen-bond acceptors (Lipinski definition) is 9. The van der Waals surface area contributed by atoms with Crippen LogP contribution in [0, 0.1) is 29.1 Å². The predicted octanol–water partition coefficient (Wildman–Crippen LogP) is 2.48. The Balaban J connectivity index is 1.70. The molecule has 0 aromatic rings. The quantitative estimate of drug-likeness (QED) is 0.176. The highest BCUT2D eigenvalue weighted by atomic mass is 16.6. The van der Waals surface area contributed by atoms with Crippen LogP contribution >= 0.6 is 0 Å². The Hall–Kier alpha value is -2.56. The standard InChI is InChI=1S/C30H42O10/c1-16-12-21-28(37,25(16)36)14-19(15-31)13-20-24-27(4,5)30(24,40-18(3)32)26(17(2)29(20,21)38)39-23(35)11-9-7-6-8-10-22(33)34/h12-13,17,20-21,24,26,31,37-38H,6-11,14-15H2,1-5H3,(H,33,34)/t17-,20+,21-,24?,26-,28-,29-,30-/m1/s1. The molecule has 0 saturated heterocycles. The number of carboxylic acid groups (broad SMARTS) is 1. The molecule has 222 valence electrons. The monoisotopic (exact) mass is 562 g/mol. The van der Waals surface area contributed by atoms with Crippen molar-refractivity contribution in [2.24, 2.45) is 29.1 Å². The fraction of sp³-hybridized carbons (Fsp3) is 0.733. The van der Waals surface area contributed by atoms with Crippen LogP contribution in [0.1, 0.15) is 79.6 Å². The fourth-order valence-corrected chi connectivity index (χ4v) is 8.16. The molecule has 0 amide bonds. The summed E-state index contributed by atoms with van der Waals surface area (Å²) in [5.41, 5.74) is -5.01. The summed E-state index contributed by atoms with van der Waals surface area (Å²) in [7, 11) is 0. The summed E-state index contributed by atoms with van der Waals surface area (Å²) in [4.78, 5) is 49.4. The molecule has 10 nitrogen and oxygen atoms in total. The van der Waals surface area contributed by atoms with E-state index in [0.717, 1.165) is 0 Å². The molecule has 1 unspecified atom stereocenters. The van der Waals surface area contributed by atoms with Gasteiger partial charge in [0.25, 0.3) is 0 Å². The molecule has 0 aromatic heterocycles. The van der Waals surface area contributed by atoms with Crippen LogP contribution in [0.15, 0.2) is 23.3 Å². The lowest BCUT2D eigenvalue weighted by molar-refractivity contribution is -0.228. The Kier molecular flexibility index (Phi) is 7.88. The maximum absolute atomic E-state index is 13.2. The third-order valence-electron chi connectivity index (χ3n) is 10.1. The number of Topliss-reactive ketones (excluding diaryl/α,β-unsaturated/α-hetero) is 1. The van der Waals surface area contributed by atoms with Crippen molar-refractivity contribution in [1.82, 2.24) is 0 Å². The number of aliphatic hydroxyl groups is 3. The molecule has 8 atom stereocenters. The van der Waals surface area contributed by atoms with Gasteiger partial charge in [-0.3, -0.25) is 19.2 Å². The summed E-state index contributed by atoms with van der Waals surface area (Å²) in [6.45, 7) is 7.91. The average Bonchev–Trinajstić information content (AvgIpc) is 3.28. The van der Waals surface area contributed by atoms with E-state index in [1.807, 2.05) is 13.8 Å². The second kappa shape index (κ2) is 10.4. The number of fused-ring (bicyclic) bond motifs is 5. The van der Waals surface area contributed by atoms with E-state index in [9.17, 15) is 34.5 Å². The largest absolute Gasteiger partial charge is 0.481 e. The van der Waals surface area contributed by atoms with Crippen LogP contribution in [-0.2, 0) is 28.7 Å². The minimum Gasteiger partial charge on any atom is -0.481 e. The highest BCUT2D eigenvalue weighted by molar-refractivity contribution is 6.04. The summed E-state index contributed by atoms with van der Waals surface area (Å²) < 4.78 is 12.1. The molecule has 0 bridgehead atoms. The van der Waals surface area contributed by atoms with E-state index in [2.05, 4.69) is 0 Å². The summed E-state index contributed by atoms with van der Waals surface area (Å²) >= 11 is 0. The van der Waals surface area contributed by atoms with Gasteiger partial charge in [-0.25, -0.2) is 0 Å². The van der Waals surface area contributed by atoms with E-state index in [0.29, 0.717) is 36.8 Å². The maximum Gasteiger partial charge on any atom is 0.306 e. The molecule has 10 heteroatoms. The Labute approximate surface area is 234 Å². The molecule has 0 heterocycles. The van der Waals surface area contributed by atoms with E-state index < -0.39 is 82.3 Å². The van der Waals surface area contributed by atoms with Gasteiger partial charge >= 0.3 is 17.9 Å². The van der Waals surface area contributed by atoms with Crippen LogP contribution in [-0.4, -0.2) is 73.6 Å². The Bertz CT molecular complexity index is 1150. The van der Waals surface area contributed by atoms with Gasteiger partial charge in [-0.1, -0.05) is 45.8 Å². The molecule has 4 aliphatic carbocycles. The number of carbonyl (C=O) groups is 4. The summed E-state index contributed by atoms with van der Waals surface area (Å²) in [5.74, 6) is -5.60. The highest BCUT2D eigenvalue weighted by Gasteiger charge is 2.87. The average molecular weight is 563 g/mol. The molecule has 0 radical (unpaired) electrons. The van der Waals surface area contributed by atoms with Gasteiger partial charge in [0.05, 0.1) is 12.2 Å². The number of ether oxygens (including phenoxy) is 2. The minimum absolute atomic E-state index is 0.0683. The molecule has 0 aliphatic heterocycles. The lowest BCUT2D eigenvalue weighted by atomic mass is 9.59. The molecule has 40 heavy (non-hydrogen) atoms. The van der Waals surface area contributed by atoms with Crippen LogP contribution in [0.3, 0.4) is 0 Å². The molecule has 4 aliphatic rings. The van der Waals surface area contributed by atoms with Crippen molar-refractivity contribution in [3.8, 4) is 0 Å². The zero-order chi connectivity index (χ0) is 29.8. The molecular weight excluding hydrogens is 520 g/mol. The smallest absolute Gasteiger partial charge is 0.306 e. The van der Waals surface area contributed by atoms with Crippen LogP contribution in [0.25, 0.3) is 0 Å². The van der Waals surface area contributed by atoms with E-state index in [1.165, 1.54) is 6.92 Å². The SMILES string of the molecule is CC(=O)O[C@]12C([C@@H]3C=C(CO)C[C@]4(O)C(=O)C(C)=C[C@H]4[C@@]3(O)[C@H](C)[C@H]1OC(=O)CCCCCCC(=O)O)C2(C)C. The van der Waals surface area contributed by atoms with Gasteiger partial charge in [-0.15, -0.1) is 0 Å². The highest BCUT2D eigenvalue weighted by Crippen LogP contribution is 2.77. The third-order valence-corrected chi connectivity index (χ3v) is 10.1. The van der Waals surface area contributed by atoms with E-state index in [1.54, 1.807) is 26.0 Å². The summed E-state index contributed by atoms with van der Waals surface area (Å²) in [5, 5.41) is 43.3. The third kappa shape index (κ3) is 4.43. The molecule has 0 spiro atoms. The molecule has 4 N–H and O–H groups in total. The first kappa shape index (κ1) is 30.4. The van der Waals surface area contributed by atoms with Crippen molar-refractivity contribution >= 4 is 23.7 Å². The second-order valence-corrected chi connectivity index (χ2v) is 12.7. The lowest BCUT2D eigenvalue weighted by Crippen LogP contribution is -2.66. The number of carbonyl (C=O) groups excluding carboxylic acids is 3. The second-order valence-electron chi connectivity index (χ2n) is 12.7. The first-order valence-corrected chi connectivity index (χ1v) is 14.2. The molecule has 0 aromatic carbocycles. The number of aliphatic hydroxyl groups excluding tert-OH is 1. The summed E-state index contributed by atoms with van der Waals surface area (Å²) in [6.07, 6.45) is 4.55. The lowest BCUT2D eigenvalue weighted by Gasteiger charge is -2.53. The fourth-order valence-electron chi connectivity index (χ4n) is 8.16. The van der Waals surface area contributed by atoms with Crippen molar-refractivity contribution in [3.63, 3.8) is 0 Å². The Morgan fingerprint density at radius 2 is 1.68 bits per heavy atom. The number of rotatable bonds is 10. The van der Waals surface area contributed by atoms with Crippen molar-refractivity contribution in [2.45, 2.75) is 102 Å². The van der Waals surface area contributed by atoms with E-state index >= 15 is 0 Å². The molecule has 2 fully saturated rings. The van der Waals surface area contributed by atoms with Gasteiger partial charge in [0, 0.05) is 55.3 Å².